The lowest BCUT2D eigenvalue weighted by molar-refractivity contribution is 0.968. The molecule has 0 unspecified atom stereocenters. The van der Waals surface area contributed by atoms with E-state index >= 15 is 0 Å². The van der Waals surface area contributed by atoms with Crippen LogP contribution in [0.4, 0.5) is 11.5 Å². The third-order valence-corrected chi connectivity index (χ3v) is 3.80. The lowest BCUT2D eigenvalue weighted by atomic mass is 10.1. The molecule has 1 aliphatic heterocycles. The van der Waals surface area contributed by atoms with Gasteiger partial charge in [0.15, 0.2) is 0 Å². The number of benzene rings is 1. The number of alkyl halides is 1. The Morgan fingerprint density at radius 3 is 2.94 bits per heavy atom. The minimum absolute atomic E-state index is 0.524. The van der Waals surface area contributed by atoms with Crippen LogP contribution in [0.3, 0.4) is 0 Å². The molecule has 3 rings (SSSR count). The van der Waals surface area contributed by atoms with Gasteiger partial charge in [-0.15, -0.1) is 11.6 Å². The molecule has 1 aliphatic rings. The quantitative estimate of drug-likeness (QED) is 0.762. The molecule has 1 aromatic carbocycles. The molecule has 0 aliphatic carbocycles. The molecule has 0 spiro atoms. The Bertz CT molecular complexity index is 580. The summed E-state index contributed by atoms with van der Waals surface area (Å²) in [4.78, 5) is 6.81. The molecule has 0 atom stereocenters. The molecule has 2 aromatic rings. The van der Waals surface area contributed by atoms with E-state index in [4.69, 9.17) is 11.6 Å². The summed E-state index contributed by atoms with van der Waals surface area (Å²) in [5, 5.41) is 0. The van der Waals surface area contributed by atoms with Gasteiger partial charge < -0.3 is 4.90 Å². The highest BCUT2D eigenvalue weighted by molar-refractivity contribution is 6.17. The van der Waals surface area contributed by atoms with Crippen LogP contribution in [0.15, 0.2) is 36.5 Å². The Morgan fingerprint density at radius 2 is 2.17 bits per heavy atom. The highest BCUT2D eigenvalue weighted by atomic mass is 35.5. The normalized spacial score (nSPS) is 13.8. The molecule has 0 saturated heterocycles. The molecule has 2 nitrogen and oxygen atoms in total. The average Bonchev–Trinajstić information content (AvgIpc) is 2.82. The molecule has 0 radical (unpaired) electrons. The van der Waals surface area contributed by atoms with E-state index in [-0.39, 0.29) is 0 Å². The SMILES string of the molecule is Cc1cc(N2CCc3ccccc32)ncc1CCl. The van der Waals surface area contributed by atoms with E-state index in [2.05, 4.69) is 47.1 Å². The Hall–Kier alpha value is -1.54. The van der Waals surface area contributed by atoms with Crippen LogP contribution in [0.1, 0.15) is 16.7 Å². The van der Waals surface area contributed by atoms with E-state index in [1.807, 2.05) is 6.20 Å². The standard InChI is InChI=1S/C15H15ClN2/c1-11-8-15(17-10-13(11)9-16)18-7-6-12-4-2-3-5-14(12)18/h2-5,8,10H,6-7,9H2,1H3. The van der Waals surface area contributed by atoms with Crippen molar-refractivity contribution >= 4 is 23.1 Å². The lowest BCUT2D eigenvalue weighted by Crippen LogP contribution is -2.15. The van der Waals surface area contributed by atoms with E-state index in [0.29, 0.717) is 5.88 Å². The number of rotatable bonds is 2. The van der Waals surface area contributed by atoms with Crippen LogP contribution >= 0.6 is 11.6 Å². The minimum atomic E-state index is 0.524. The van der Waals surface area contributed by atoms with Gasteiger partial charge in [0.1, 0.15) is 5.82 Å². The molecule has 0 amide bonds. The van der Waals surface area contributed by atoms with Crippen molar-refractivity contribution in [2.24, 2.45) is 0 Å². The van der Waals surface area contributed by atoms with E-state index in [0.717, 1.165) is 24.3 Å². The van der Waals surface area contributed by atoms with Gasteiger partial charge in [-0.1, -0.05) is 18.2 Å². The second-order valence-electron chi connectivity index (χ2n) is 4.63. The van der Waals surface area contributed by atoms with Crippen molar-refractivity contribution in [2.45, 2.75) is 19.2 Å². The van der Waals surface area contributed by atoms with E-state index in [9.17, 15) is 0 Å². The van der Waals surface area contributed by atoms with Crippen molar-refractivity contribution < 1.29 is 0 Å². The summed E-state index contributed by atoms with van der Waals surface area (Å²) in [5.41, 5.74) is 4.99. The fraction of sp³-hybridized carbons (Fsp3) is 0.267. The first-order chi connectivity index (χ1) is 8.79. The summed E-state index contributed by atoms with van der Waals surface area (Å²) in [6, 6.07) is 10.7. The first kappa shape index (κ1) is 11.5. The summed E-state index contributed by atoms with van der Waals surface area (Å²) in [6.07, 6.45) is 2.98. The molecule has 2 heterocycles. The van der Waals surface area contributed by atoms with Crippen molar-refractivity contribution in [3.05, 3.63) is 53.2 Å². The Balaban J connectivity index is 2.00. The lowest BCUT2D eigenvalue weighted by Gasteiger charge is -2.19. The van der Waals surface area contributed by atoms with Crippen molar-refractivity contribution in [3.8, 4) is 0 Å². The van der Waals surface area contributed by atoms with Gasteiger partial charge in [-0.3, -0.25) is 0 Å². The predicted octanol–water partition coefficient (Wildman–Crippen LogP) is 3.82. The fourth-order valence-corrected chi connectivity index (χ4v) is 2.71. The largest absolute Gasteiger partial charge is 0.326 e. The number of hydrogen-bond acceptors (Lipinski definition) is 2. The highest BCUT2D eigenvalue weighted by Gasteiger charge is 2.20. The van der Waals surface area contributed by atoms with Crippen LogP contribution in [0, 0.1) is 6.92 Å². The maximum absolute atomic E-state index is 5.87. The van der Waals surface area contributed by atoms with Crippen molar-refractivity contribution in [1.82, 2.24) is 4.98 Å². The van der Waals surface area contributed by atoms with Gasteiger partial charge >= 0.3 is 0 Å². The van der Waals surface area contributed by atoms with Crippen LogP contribution in [0.5, 0.6) is 0 Å². The van der Waals surface area contributed by atoms with Crippen LogP contribution in [-0.4, -0.2) is 11.5 Å². The zero-order valence-corrected chi connectivity index (χ0v) is 11.1. The van der Waals surface area contributed by atoms with Crippen LogP contribution in [0.25, 0.3) is 0 Å². The third-order valence-electron chi connectivity index (χ3n) is 3.51. The summed E-state index contributed by atoms with van der Waals surface area (Å²) in [6.45, 7) is 3.09. The topological polar surface area (TPSA) is 16.1 Å². The van der Waals surface area contributed by atoms with Gasteiger partial charge in [0.05, 0.1) is 0 Å². The zero-order chi connectivity index (χ0) is 12.5. The molecular weight excluding hydrogens is 244 g/mol. The number of halogens is 1. The number of pyridine rings is 1. The van der Waals surface area contributed by atoms with Crippen molar-refractivity contribution in [3.63, 3.8) is 0 Å². The van der Waals surface area contributed by atoms with Gasteiger partial charge in [-0.05, 0) is 42.2 Å². The van der Waals surface area contributed by atoms with E-state index in [1.54, 1.807) is 0 Å². The van der Waals surface area contributed by atoms with Crippen molar-refractivity contribution in [2.75, 3.05) is 11.4 Å². The number of fused-ring (bicyclic) bond motifs is 1. The molecular formula is C15H15ClN2. The van der Waals surface area contributed by atoms with Gasteiger partial charge in [0.25, 0.3) is 0 Å². The van der Waals surface area contributed by atoms with Gasteiger partial charge in [-0.2, -0.15) is 0 Å². The van der Waals surface area contributed by atoms with E-state index in [1.165, 1.54) is 16.8 Å². The predicted molar refractivity (Wildman–Crippen MR) is 75.7 cm³/mol. The second-order valence-corrected chi connectivity index (χ2v) is 4.90. The molecule has 92 valence electrons. The molecule has 1 aromatic heterocycles. The number of anilines is 2. The van der Waals surface area contributed by atoms with Gasteiger partial charge in [0, 0.05) is 24.3 Å². The fourth-order valence-electron chi connectivity index (χ4n) is 2.43. The minimum Gasteiger partial charge on any atom is -0.326 e. The van der Waals surface area contributed by atoms with Gasteiger partial charge in [-0.25, -0.2) is 4.98 Å². The Labute approximate surface area is 112 Å². The van der Waals surface area contributed by atoms with Crippen LogP contribution in [0.2, 0.25) is 0 Å². The number of nitrogens with zero attached hydrogens (tertiary/aromatic N) is 2. The number of aromatic nitrogens is 1. The summed E-state index contributed by atoms with van der Waals surface area (Å²) >= 11 is 5.87. The van der Waals surface area contributed by atoms with Crippen LogP contribution < -0.4 is 4.90 Å². The Morgan fingerprint density at radius 1 is 1.33 bits per heavy atom. The van der Waals surface area contributed by atoms with Crippen LogP contribution in [-0.2, 0) is 12.3 Å². The zero-order valence-electron chi connectivity index (χ0n) is 10.4. The average molecular weight is 259 g/mol. The maximum Gasteiger partial charge on any atom is 0.133 e. The summed E-state index contributed by atoms with van der Waals surface area (Å²) in [5.74, 6) is 1.54. The molecule has 0 bridgehead atoms. The summed E-state index contributed by atoms with van der Waals surface area (Å²) < 4.78 is 0. The Kier molecular flexibility index (Phi) is 2.96. The molecule has 0 fully saturated rings. The third kappa shape index (κ3) is 1.87. The van der Waals surface area contributed by atoms with E-state index < -0.39 is 0 Å². The smallest absolute Gasteiger partial charge is 0.133 e. The first-order valence-corrected chi connectivity index (χ1v) is 6.70. The second kappa shape index (κ2) is 4.62. The number of aryl methyl sites for hydroxylation is 1. The molecule has 3 heteroatoms. The number of hydrogen-bond donors (Lipinski definition) is 0. The highest BCUT2D eigenvalue weighted by Crippen LogP contribution is 2.33. The molecule has 0 saturated carbocycles. The summed E-state index contributed by atoms with van der Waals surface area (Å²) in [7, 11) is 0. The molecule has 0 N–H and O–H groups in total. The molecule has 18 heavy (non-hydrogen) atoms. The van der Waals surface area contributed by atoms with Gasteiger partial charge in [0.2, 0.25) is 0 Å². The van der Waals surface area contributed by atoms with Crippen molar-refractivity contribution in [1.29, 1.82) is 0 Å². The first-order valence-electron chi connectivity index (χ1n) is 6.16. The monoisotopic (exact) mass is 258 g/mol. The number of para-hydroxylation sites is 1. The maximum atomic E-state index is 5.87.